The Balaban J connectivity index is 3.85. The van der Waals surface area contributed by atoms with Crippen molar-refractivity contribution in [2.45, 2.75) is 66.3 Å². The summed E-state index contributed by atoms with van der Waals surface area (Å²) in [5.41, 5.74) is 0. The first kappa shape index (κ1) is 17.4. The molecule has 0 aliphatic carbocycles. The Morgan fingerprint density at radius 3 is 2.11 bits per heavy atom. The van der Waals surface area contributed by atoms with Crippen molar-refractivity contribution >= 4 is 5.97 Å². The van der Waals surface area contributed by atoms with Gasteiger partial charge in [0.2, 0.25) is 0 Å². The van der Waals surface area contributed by atoms with E-state index in [0.717, 1.165) is 18.8 Å². The molecule has 2 unspecified atom stereocenters. The molecule has 0 aliphatic rings. The highest BCUT2D eigenvalue weighted by atomic mass is 16.4. The van der Waals surface area contributed by atoms with Gasteiger partial charge >= 0.3 is 5.97 Å². The molecule has 3 nitrogen and oxygen atoms in total. The zero-order valence-corrected chi connectivity index (χ0v) is 12.7. The Morgan fingerprint density at radius 2 is 1.67 bits per heavy atom. The number of carboxylic acid groups (broad SMARTS) is 1. The van der Waals surface area contributed by atoms with Gasteiger partial charge in [0, 0.05) is 12.6 Å². The molecule has 0 saturated heterocycles. The van der Waals surface area contributed by atoms with Crippen LogP contribution < -0.4 is 5.32 Å². The van der Waals surface area contributed by atoms with Crippen molar-refractivity contribution in [3.05, 3.63) is 0 Å². The number of carboxylic acids is 1. The first-order valence-electron chi connectivity index (χ1n) is 7.29. The molecule has 0 heterocycles. The van der Waals surface area contributed by atoms with Crippen LogP contribution >= 0.6 is 0 Å². The molecular formula is C15H31NO2. The van der Waals surface area contributed by atoms with Crippen LogP contribution in [0, 0.1) is 17.8 Å². The highest BCUT2D eigenvalue weighted by Gasteiger charge is 2.19. The van der Waals surface area contributed by atoms with E-state index in [1.165, 1.54) is 12.8 Å². The van der Waals surface area contributed by atoms with Crippen molar-refractivity contribution in [2.24, 2.45) is 17.8 Å². The molecule has 0 saturated carbocycles. The third kappa shape index (κ3) is 9.46. The predicted molar refractivity (Wildman–Crippen MR) is 76.7 cm³/mol. The fraction of sp³-hybridized carbons (Fsp3) is 0.933. The lowest BCUT2D eigenvalue weighted by Crippen LogP contribution is -2.35. The summed E-state index contributed by atoms with van der Waals surface area (Å²) < 4.78 is 0. The minimum Gasteiger partial charge on any atom is -0.481 e. The van der Waals surface area contributed by atoms with Crippen LogP contribution in [0.5, 0.6) is 0 Å². The molecule has 0 fully saturated rings. The Hall–Kier alpha value is -0.570. The third-order valence-corrected chi connectivity index (χ3v) is 3.24. The normalized spacial score (nSPS) is 15.1. The van der Waals surface area contributed by atoms with Crippen LogP contribution in [0.15, 0.2) is 0 Å². The van der Waals surface area contributed by atoms with E-state index in [4.69, 9.17) is 5.11 Å². The van der Waals surface area contributed by atoms with Gasteiger partial charge in [-0.2, -0.15) is 0 Å². The van der Waals surface area contributed by atoms with Crippen LogP contribution in [0.1, 0.15) is 60.3 Å². The average molecular weight is 257 g/mol. The maximum atomic E-state index is 11.1. The molecule has 2 N–H and O–H groups in total. The van der Waals surface area contributed by atoms with Crippen molar-refractivity contribution in [3.63, 3.8) is 0 Å². The number of aliphatic carboxylic acids is 1. The summed E-state index contributed by atoms with van der Waals surface area (Å²) in [6.07, 6.45) is 4.35. The molecule has 0 aromatic heterocycles. The van der Waals surface area contributed by atoms with Gasteiger partial charge in [0.05, 0.1) is 5.92 Å². The lowest BCUT2D eigenvalue weighted by Gasteiger charge is -2.19. The molecule has 0 amide bonds. The molecule has 0 aliphatic heterocycles. The molecule has 0 aromatic rings. The topological polar surface area (TPSA) is 49.3 Å². The first-order valence-corrected chi connectivity index (χ1v) is 7.29. The van der Waals surface area contributed by atoms with Gasteiger partial charge in [-0.25, -0.2) is 0 Å². The zero-order chi connectivity index (χ0) is 14.1. The summed E-state index contributed by atoms with van der Waals surface area (Å²) in [6, 6.07) is 0.415. The molecule has 0 bridgehead atoms. The summed E-state index contributed by atoms with van der Waals surface area (Å²) >= 11 is 0. The lowest BCUT2D eigenvalue weighted by molar-refractivity contribution is -0.142. The number of carbonyl (C=O) groups is 1. The highest BCUT2D eigenvalue weighted by molar-refractivity contribution is 5.70. The van der Waals surface area contributed by atoms with E-state index in [1.807, 2.05) is 0 Å². The van der Waals surface area contributed by atoms with E-state index >= 15 is 0 Å². The number of hydrogen-bond donors (Lipinski definition) is 2. The standard InChI is InChI=1S/C15H31NO2/c1-11(2)7-6-8-13(5)16-10-14(15(17)18)9-12(3)4/h11-14,16H,6-10H2,1-5H3,(H,17,18). The van der Waals surface area contributed by atoms with E-state index in [0.29, 0.717) is 18.5 Å². The largest absolute Gasteiger partial charge is 0.481 e. The van der Waals surface area contributed by atoms with Gasteiger partial charge in [0.15, 0.2) is 0 Å². The van der Waals surface area contributed by atoms with Crippen molar-refractivity contribution in [1.29, 1.82) is 0 Å². The van der Waals surface area contributed by atoms with E-state index < -0.39 is 5.97 Å². The summed E-state index contributed by atoms with van der Waals surface area (Å²) in [4.78, 5) is 11.1. The van der Waals surface area contributed by atoms with Gasteiger partial charge in [0.25, 0.3) is 0 Å². The van der Waals surface area contributed by atoms with Gasteiger partial charge in [-0.3, -0.25) is 4.79 Å². The monoisotopic (exact) mass is 257 g/mol. The second-order valence-electron chi connectivity index (χ2n) is 6.30. The van der Waals surface area contributed by atoms with E-state index in [-0.39, 0.29) is 5.92 Å². The summed E-state index contributed by atoms with van der Waals surface area (Å²) in [5.74, 6) is 0.261. The predicted octanol–water partition coefficient (Wildman–Crippen LogP) is 3.54. The molecule has 0 radical (unpaired) electrons. The summed E-state index contributed by atoms with van der Waals surface area (Å²) in [5, 5.41) is 12.5. The van der Waals surface area contributed by atoms with Gasteiger partial charge in [0.1, 0.15) is 0 Å². The molecular weight excluding hydrogens is 226 g/mol. The Bertz CT molecular complexity index is 227. The van der Waals surface area contributed by atoms with E-state index in [1.54, 1.807) is 0 Å². The van der Waals surface area contributed by atoms with Crippen molar-refractivity contribution in [3.8, 4) is 0 Å². The van der Waals surface area contributed by atoms with Crippen LogP contribution in [-0.2, 0) is 4.79 Å². The number of hydrogen-bond acceptors (Lipinski definition) is 2. The smallest absolute Gasteiger partial charge is 0.307 e. The molecule has 18 heavy (non-hydrogen) atoms. The van der Waals surface area contributed by atoms with Crippen molar-refractivity contribution in [2.75, 3.05) is 6.54 Å². The minimum atomic E-state index is -0.675. The maximum absolute atomic E-state index is 11.1. The molecule has 0 aromatic carbocycles. The third-order valence-electron chi connectivity index (χ3n) is 3.24. The Morgan fingerprint density at radius 1 is 1.06 bits per heavy atom. The van der Waals surface area contributed by atoms with Gasteiger partial charge in [-0.15, -0.1) is 0 Å². The van der Waals surface area contributed by atoms with Crippen LogP contribution in [0.2, 0.25) is 0 Å². The Labute approximate surface area is 112 Å². The van der Waals surface area contributed by atoms with Gasteiger partial charge in [-0.05, 0) is 31.6 Å². The zero-order valence-electron chi connectivity index (χ0n) is 12.7. The molecule has 0 rings (SSSR count). The molecule has 2 atom stereocenters. The van der Waals surface area contributed by atoms with E-state index in [9.17, 15) is 4.79 Å². The van der Waals surface area contributed by atoms with Crippen molar-refractivity contribution < 1.29 is 9.90 Å². The molecule has 108 valence electrons. The maximum Gasteiger partial charge on any atom is 0.307 e. The van der Waals surface area contributed by atoms with Crippen molar-refractivity contribution in [1.82, 2.24) is 5.32 Å². The highest BCUT2D eigenvalue weighted by Crippen LogP contribution is 2.12. The minimum absolute atomic E-state index is 0.252. The fourth-order valence-corrected chi connectivity index (χ4v) is 2.12. The lowest BCUT2D eigenvalue weighted by atomic mass is 9.96. The first-order chi connectivity index (χ1) is 8.32. The molecule has 3 heteroatoms. The number of rotatable bonds is 10. The average Bonchev–Trinajstić information content (AvgIpc) is 2.22. The second kappa shape index (κ2) is 9.37. The quantitative estimate of drug-likeness (QED) is 0.629. The van der Waals surface area contributed by atoms with E-state index in [2.05, 4.69) is 39.9 Å². The van der Waals surface area contributed by atoms with Crippen LogP contribution in [0.25, 0.3) is 0 Å². The SMILES string of the molecule is CC(C)CCCC(C)NCC(CC(C)C)C(=O)O. The second-order valence-corrected chi connectivity index (χ2v) is 6.30. The summed E-state index contributed by atoms with van der Waals surface area (Å²) in [7, 11) is 0. The van der Waals surface area contributed by atoms with Gasteiger partial charge < -0.3 is 10.4 Å². The van der Waals surface area contributed by atoms with Crippen LogP contribution in [0.3, 0.4) is 0 Å². The van der Waals surface area contributed by atoms with Crippen LogP contribution in [0.4, 0.5) is 0 Å². The molecule has 0 spiro atoms. The fourth-order valence-electron chi connectivity index (χ4n) is 2.12. The summed E-state index contributed by atoms with van der Waals surface area (Å²) in [6.45, 7) is 11.4. The number of nitrogens with one attached hydrogen (secondary N) is 1. The Kier molecular flexibility index (Phi) is 9.08. The van der Waals surface area contributed by atoms with Gasteiger partial charge in [-0.1, -0.05) is 40.5 Å². The van der Waals surface area contributed by atoms with Crippen LogP contribution in [-0.4, -0.2) is 23.7 Å².